The van der Waals surface area contributed by atoms with Crippen molar-refractivity contribution in [3.8, 4) is 0 Å². The Hall–Kier alpha value is -1.38. The normalized spacial score (nSPS) is 9.64. The van der Waals surface area contributed by atoms with E-state index >= 15 is 0 Å². The predicted molar refractivity (Wildman–Crippen MR) is 43.2 cm³/mol. The molecule has 0 aliphatic carbocycles. The highest BCUT2D eigenvalue weighted by atomic mass is 16.3. The second-order valence-corrected chi connectivity index (χ2v) is 2.37. The molecule has 0 aromatic carbocycles. The van der Waals surface area contributed by atoms with Gasteiger partial charge in [-0.2, -0.15) is 0 Å². The molecule has 0 saturated heterocycles. The van der Waals surface area contributed by atoms with E-state index in [1.54, 1.807) is 0 Å². The maximum Gasteiger partial charge on any atom is 0.135 e. The molecule has 58 valence electrons. The van der Waals surface area contributed by atoms with Crippen LogP contribution in [0, 0.1) is 13.8 Å². The quantitative estimate of drug-likeness (QED) is 0.619. The molecule has 1 aromatic rings. The second-order valence-electron chi connectivity index (χ2n) is 2.37. The van der Waals surface area contributed by atoms with Crippen molar-refractivity contribution in [3.05, 3.63) is 29.9 Å². The Labute approximate surface area is 65.4 Å². The van der Waals surface area contributed by atoms with Crippen LogP contribution in [0.25, 0.3) is 5.76 Å². The molecule has 0 spiro atoms. The third kappa shape index (κ3) is 1.55. The lowest BCUT2D eigenvalue weighted by molar-refractivity contribution is 0.509. The standard InChI is InChI=1S/C8H10N2O/c1-5-6(2)10-8(4-9-5)7(3)11/h4,11H,3H2,1-2H3. The zero-order chi connectivity index (χ0) is 8.43. The molecule has 0 bridgehead atoms. The van der Waals surface area contributed by atoms with Crippen molar-refractivity contribution in [2.24, 2.45) is 0 Å². The number of nitrogens with zero attached hydrogens (tertiary/aromatic N) is 2. The molecule has 1 rings (SSSR count). The van der Waals surface area contributed by atoms with Gasteiger partial charge in [0.25, 0.3) is 0 Å². The van der Waals surface area contributed by atoms with Crippen molar-refractivity contribution in [3.63, 3.8) is 0 Å². The molecule has 1 N–H and O–H groups in total. The van der Waals surface area contributed by atoms with Crippen LogP contribution in [-0.4, -0.2) is 15.1 Å². The average molecular weight is 150 g/mol. The second kappa shape index (κ2) is 2.70. The van der Waals surface area contributed by atoms with Crippen molar-refractivity contribution in [2.45, 2.75) is 13.8 Å². The first-order valence-electron chi connectivity index (χ1n) is 3.29. The number of hydrogen-bond acceptors (Lipinski definition) is 3. The molecular formula is C8H10N2O. The van der Waals surface area contributed by atoms with E-state index in [4.69, 9.17) is 5.11 Å². The first-order valence-corrected chi connectivity index (χ1v) is 3.29. The van der Waals surface area contributed by atoms with Crippen LogP contribution < -0.4 is 0 Å². The van der Waals surface area contributed by atoms with Gasteiger partial charge in [-0.05, 0) is 13.8 Å². The first kappa shape index (κ1) is 7.72. The SMILES string of the molecule is C=C(O)c1cnc(C)c(C)n1. The van der Waals surface area contributed by atoms with Gasteiger partial charge in [0.15, 0.2) is 0 Å². The summed E-state index contributed by atoms with van der Waals surface area (Å²) in [6.07, 6.45) is 1.50. The maximum atomic E-state index is 8.94. The van der Waals surface area contributed by atoms with E-state index < -0.39 is 0 Å². The van der Waals surface area contributed by atoms with Gasteiger partial charge in [-0.25, -0.2) is 4.98 Å². The Balaban J connectivity index is 3.15. The number of aryl methyl sites for hydroxylation is 2. The summed E-state index contributed by atoms with van der Waals surface area (Å²) in [6, 6.07) is 0. The highest BCUT2D eigenvalue weighted by molar-refractivity contribution is 5.50. The van der Waals surface area contributed by atoms with E-state index in [1.807, 2.05) is 13.8 Å². The van der Waals surface area contributed by atoms with Gasteiger partial charge in [0.2, 0.25) is 0 Å². The third-order valence-electron chi connectivity index (χ3n) is 1.49. The Morgan fingerprint density at radius 2 is 2.09 bits per heavy atom. The maximum absolute atomic E-state index is 8.94. The summed E-state index contributed by atoms with van der Waals surface area (Å²) in [7, 11) is 0. The predicted octanol–water partition coefficient (Wildman–Crippen LogP) is 1.62. The number of aliphatic hydroxyl groups excluding tert-OH is 1. The molecule has 0 fully saturated rings. The zero-order valence-corrected chi connectivity index (χ0v) is 6.63. The summed E-state index contributed by atoms with van der Waals surface area (Å²) in [5.41, 5.74) is 2.13. The van der Waals surface area contributed by atoms with Gasteiger partial charge in [-0.15, -0.1) is 0 Å². The van der Waals surface area contributed by atoms with Crippen LogP contribution in [0.1, 0.15) is 17.1 Å². The fourth-order valence-electron chi connectivity index (χ4n) is 0.681. The summed E-state index contributed by atoms with van der Waals surface area (Å²) in [4.78, 5) is 8.08. The third-order valence-corrected chi connectivity index (χ3v) is 1.49. The monoisotopic (exact) mass is 150 g/mol. The minimum atomic E-state index is -0.0411. The van der Waals surface area contributed by atoms with Crippen molar-refractivity contribution in [1.29, 1.82) is 0 Å². The average Bonchev–Trinajstić information content (AvgIpc) is 1.94. The van der Waals surface area contributed by atoms with Gasteiger partial charge in [0, 0.05) is 0 Å². The van der Waals surface area contributed by atoms with E-state index in [9.17, 15) is 0 Å². The van der Waals surface area contributed by atoms with Gasteiger partial charge in [0.05, 0.1) is 17.6 Å². The highest BCUT2D eigenvalue weighted by Crippen LogP contribution is 2.06. The zero-order valence-electron chi connectivity index (χ0n) is 6.63. The fraction of sp³-hybridized carbons (Fsp3) is 0.250. The lowest BCUT2D eigenvalue weighted by Crippen LogP contribution is -1.95. The molecule has 0 unspecified atom stereocenters. The minimum absolute atomic E-state index is 0.0411. The van der Waals surface area contributed by atoms with Crippen LogP contribution in [0.2, 0.25) is 0 Å². The first-order chi connectivity index (χ1) is 5.11. The summed E-state index contributed by atoms with van der Waals surface area (Å²) in [5.74, 6) is -0.0411. The minimum Gasteiger partial charge on any atom is -0.506 e. The molecule has 0 radical (unpaired) electrons. The van der Waals surface area contributed by atoms with Crippen molar-refractivity contribution < 1.29 is 5.11 Å². The summed E-state index contributed by atoms with van der Waals surface area (Å²) in [6.45, 7) is 7.06. The molecular weight excluding hydrogens is 140 g/mol. The molecule has 0 aliphatic rings. The number of hydrogen-bond donors (Lipinski definition) is 1. The molecule has 1 heterocycles. The van der Waals surface area contributed by atoms with Gasteiger partial charge in [-0.3, -0.25) is 4.98 Å². The van der Waals surface area contributed by atoms with E-state index in [2.05, 4.69) is 16.5 Å². The van der Waals surface area contributed by atoms with E-state index in [0.29, 0.717) is 5.69 Å². The smallest absolute Gasteiger partial charge is 0.135 e. The number of rotatable bonds is 1. The van der Waals surface area contributed by atoms with Crippen molar-refractivity contribution >= 4 is 5.76 Å². The van der Waals surface area contributed by atoms with Crippen LogP contribution in [-0.2, 0) is 0 Å². The van der Waals surface area contributed by atoms with Crippen LogP contribution >= 0.6 is 0 Å². The number of aliphatic hydroxyl groups is 1. The molecule has 0 saturated carbocycles. The Bertz CT molecular complexity index is 294. The Morgan fingerprint density at radius 1 is 1.45 bits per heavy atom. The fourth-order valence-corrected chi connectivity index (χ4v) is 0.681. The largest absolute Gasteiger partial charge is 0.506 e. The van der Waals surface area contributed by atoms with Crippen molar-refractivity contribution in [1.82, 2.24) is 9.97 Å². The van der Waals surface area contributed by atoms with Crippen LogP contribution in [0.3, 0.4) is 0 Å². The number of aromatic nitrogens is 2. The van der Waals surface area contributed by atoms with Gasteiger partial charge >= 0.3 is 0 Å². The van der Waals surface area contributed by atoms with Crippen LogP contribution in [0.15, 0.2) is 12.8 Å². The molecule has 3 heteroatoms. The molecule has 1 aromatic heterocycles. The summed E-state index contributed by atoms with van der Waals surface area (Å²) >= 11 is 0. The highest BCUT2D eigenvalue weighted by Gasteiger charge is 2.00. The van der Waals surface area contributed by atoms with E-state index in [-0.39, 0.29) is 5.76 Å². The van der Waals surface area contributed by atoms with Gasteiger partial charge < -0.3 is 5.11 Å². The summed E-state index contributed by atoms with van der Waals surface area (Å²) < 4.78 is 0. The Morgan fingerprint density at radius 3 is 2.55 bits per heavy atom. The summed E-state index contributed by atoms with van der Waals surface area (Å²) in [5, 5.41) is 8.94. The molecule has 3 nitrogen and oxygen atoms in total. The van der Waals surface area contributed by atoms with E-state index in [1.165, 1.54) is 6.20 Å². The van der Waals surface area contributed by atoms with Crippen LogP contribution in [0.4, 0.5) is 0 Å². The molecule has 11 heavy (non-hydrogen) atoms. The molecule has 0 atom stereocenters. The lowest BCUT2D eigenvalue weighted by Gasteiger charge is -2.00. The molecule has 0 amide bonds. The van der Waals surface area contributed by atoms with Gasteiger partial charge in [-0.1, -0.05) is 6.58 Å². The topological polar surface area (TPSA) is 46.0 Å². The Kier molecular flexibility index (Phi) is 1.89. The lowest BCUT2D eigenvalue weighted by atomic mass is 10.3. The van der Waals surface area contributed by atoms with Crippen molar-refractivity contribution in [2.75, 3.05) is 0 Å². The molecule has 0 aliphatic heterocycles. The van der Waals surface area contributed by atoms with Gasteiger partial charge in [0.1, 0.15) is 11.5 Å². The van der Waals surface area contributed by atoms with Crippen LogP contribution in [0.5, 0.6) is 0 Å². The van der Waals surface area contributed by atoms with E-state index in [0.717, 1.165) is 11.4 Å².